The zero-order valence-electron chi connectivity index (χ0n) is 10.7. The lowest BCUT2D eigenvalue weighted by Gasteiger charge is -2.05. The molecule has 20 heavy (non-hydrogen) atoms. The summed E-state index contributed by atoms with van der Waals surface area (Å²) in [4.78, 5) is 11.1. The molecule has 0 amide bonds. The minimum absolute atomic E-state index is 0.0602. The Kier molecular flexibility index (Phi) is 4.05. The van der Waals surface area contributed by atoms with E-state index in [0.717, 1.165) is 5.56 Å². The molecule has 0 saturated carbocycles. The molecule has 2 aromatic rings. The molecule has 0 atom stereocenters. The van der Waals surface area contributed by atoms with E-state index < -0.39 is 0 Å². The van der Waals surface area contributed by atoms with Crippen LogP contribution < -0.4 is 0 Å². The summed E-state index contributed by atoms with van der Waals surface area (Å²) in [5, 5.41) is 28.2. The first kappa shape index (κ1) is 13.7. The molecule has 0 heterocycles. The molecule has 102 valence electrons. The number of phenolic OH excluding ortho intramolecular Hbond substituents is 3. The van der Waals surface area contributed by atoms with Crippen LogP contribution in [0.4, 0.5) is 0 Å². The summed E-state index contributed by atoms with van der Waals surface area (Å²) in [5.41, 5.74) is 1.65. The number of benzene rings is 2. The minimum Gasteiger partial charge on any atom is -0.508 e. The van der Waals surface area contributed by atoms with Crippen LogP contribution in [-0.2, 0) is 11.2 Å². The van der Waals surface area contributed by atoms with Gasteiger partial charge in [-0.15, -0.1) is 0 Å². The van der Waals surface area contributed by atoms with Crippen molar-refractivity contribution in [2.24, 2.45) is 0 Å². The molecule has 0 aliphatic rings. The third-order valence-corrected chi connectivity index (χ3v) is 2.91. The topological polar surface area (TPSA) is 77.8 Å². The fourth-order valence-corrected chi connectivity index (χ4v) is 1.85. The molecule has 0 aliphatic carbocycles. The zero-order valence-corrected chi connectivity index (χ0v) is 10.7. The van der Waals surface area contributed by atoms with Crippen molar-refractivity contribution in [2.75, 3.05) is 0 Å². The third-order valence-electron chi connectivity index (χ3n) is 2.91. The smallest absolute Gasteiger partial charge is 0.150 e. The number of hydrogen-bond acceptors (Lipinski definition) is 4. The van der Waals surface area contributed by atoms with E-state index in [9.17, 15) is 20.1 Å². The molecule has 0 unspecified atom stereocenters. The summed E-state index contributed by atoms with van der Waals surface area (Å²) < 4.78 is 0. The van der Waals surface area contributed by atoms with Crippen molar-refractivity contribution in [1.82, 2.24) is 0 Å². The second-order valence-corrected chi connectivity index (χ2v) is 4.35. The maximum absolute atomic E-state index is 11.1. The van der Waals surface area contributed by atoms with Gasteiger partial charge in [0.05, 0.1) is 0 Å². The van der Waals surface area contributed by atoms with E-state index in [2.05, 4.69) is 0 Å². The monoisotopic (exact) mass is 270 g/mol. The lowest BCUT2D eigenvalue weighted by Crippen LogP contribution is -1.89. The van der Waals surface area contributed by atoms with Gasteiger partial charge in [-0.2, -0.15) is 0 Å². The molecular formula is C16H14O4. The largest absolute Gasteiger partial charge is 0.508 e. The first-order chi connectivity index (χ1) is 9.60. The molecule has 0 radical (unpaired) electrons. The van der Waals surface area contributed by atoms with Gasteiger partial charge < -0.3 is 15.3 Å². The summed E-state index contributed by atoms with van der Waals surface area (Å²) in [6.45, 7) is 0. The highest BCUT2D eigenvalue weighted by atomic mass is 16.3. The van der Waals surface area contributed by atoms with Gasteiger partial charge in [-0.1, -0.05) is 18.2 Å². The summed E-state index contributed by atoms with van der Waals surface area (Å²) >= 11 is 0. The van der Waals surface area contributed by atoms with E-state index in [1.807, 2.05) is 0 Å². The number of hydrogen-bond donors (Lipinski definition) is 3. The summed E-state index contributed by atoms with van der Waals surface area (Å²) in [7, 11) is 0. The summed E-state index contributed by atoms with van der Waals surface area (Å²) in [6, 6.07) is 10.7. The predicted octanol–water partition coefficient (Wildman–Crippen LogP) is 2.63. The Morgan fingerprint density at radius 1 is 0.950 bits per heavy atom. The SMILES string of the molecule is O=C/C(=C/Cc1ccc(O)cc1)c1ccc(O)cc1O. The van der Waals surface area contributed by atoms with Crippen molar-refractivity contribution in [1.29, 1.82) is 0 Å². The normalized spacial score (nSPS) is 11.3. The van der Waals surface area contributed by atoms with Crippen LogP contribution >= 0.6 is 0 Å². The molecule has 0 aromatic heterocycles. The first-order valence-corrected chi connectivity index (χ1v) is 6.06. The maximum Gasteiger partial charge on any atom is 0.150 e. The van der Waals surface area contributed by atoms with Crippen LogP contribution in [0.3, 0.4) is 0 Å². The lowest BCUT2D eigenvalue weighted by atomic mass is 10.0. The van der Waals surface area contributed by atoms with Crippen molar-refractivity contribution >= 4 is 11.9 Å². The van der Waals surface area contributed by atoms with Crippen LogP contribution in [0.2, 0.25) is 0 Å². The van der Waals surface area contributed by atoms with Crippen LogP contribution in [0, 0.1) is 0 Å². The quantitative estimate of drug-likeness (QED) is 0.589. The van der Waals surface area contributed by atoms with Crippen LogP contribution in [0.15, 0.2) is 48.5 Å². The number of aldehydes is 1. The van der Waals surface area contributed by atoms with Crippen molar-refractivity contribution in [2.45, 2.75) is 6.42 Å². The van der Waals surface area contributed by atoms with E-state index in [0.29, 0.717) is 23.8 Å². The molecule has 0 fully saturated rings. The van der Waals surface area contributed by atoms with Gasteiger partial charge in [0.1, 0.15) is 23.5 Å². The van der Waals surface area contributed by atoms with E-state index in [4.69, 9.17) is 0 Å². The molecule has 3 N–H and O–H groups in total. The molecule has 0 bridgehead atoms. The summed E-state index contributed by atoms with van der Waals surface area (Å²) in [5.74, 6) is -0.0198. The van der Waals surface area contributed by atoms with Crippen LogP contribution in [0.5, 0.6) is 17.2 Å². The number of rotatable bonds is 4. The Bertz CT molecular complexity index is 642. The van der Waals surface area contributed by atoms with Crippen molar-refractivity contribution in [3.63, 3.8) is 0 Å². The van der Waals surface area contributed by atoms with E-state index in [1.54, 1.807) is 30.3 Å². The fraction of sp³-hybridized carbons (Fsp3) is 0.0625. The van der Waals surface area contributed by atoms with E-state index in [1.165, 1.54) is 18.2 Å². The Balaban J connectivity index is 2.25. The van der Waals surface area contributed by atoms with Crippen LogP contribution in [-0.4, -0.2) is 21.6 Å². The van der Waals surface area contributed by atoms with Gasteiger partial charge in [0.15, 0.2) is 0 Å². The Hall–Kier alpha value is -2.75. The zero-order chi connectivity index (χ0) is 14.5. The molecular weight excluding hydrogens is 256 g/mol. The number of carbonyl (C=O) groups excluding carboxylic acids is 1. The second kappa shape index (κ2) is 5.93. The molecule has 4 nitrogen and oxygen atoms in total. The van der Waals surface area contributed by atoms with Crippen molar-refractivity contribution in [3.05, 3.63) is 59.7 Å². The lowest BCUT2D eigenvalue weighted by molar-refractivity contribution is -0.103. The molecule has 0 saturated heterocycles. The van der Waals surface area contributed by atoms with Crippen LogP contribution in [0.25, 0.3) is 5.57 Å². The molecule has 0 aliphatic heterocycles. The number of aromatic hydroxyl groups is 3. The highest BCUT2D eigenvalue weighted by Crippen LogP contribution is 2.28. The minimum atomic E-state index is -0.144. The Morgan fingerprint density at radius 3 is 2.20 bits per heavy atom. The molecule has 4 heteroatoms. The van der Waals surface area contributed by atoms with Crippen LogP contribution in [0.1, 0.15) is 11.1 Å². The van der Waals surface area contributed by atoms with E-state index in [-0.39, 0.29) is 17.2 Å². The first-order valence-electron chi connectivity index (χ1n) is 6.06. The van der Waals surface area contributed by atoms with E-state index >= 15 is 0 Å². The highest BCUT2D eigenvalue weighted by molar-refractivity contribution is 6.08. The maximum atomic E-state index is 11.1. The Morgan fingerprint density at radius 2 is 1.60 bits per heavy atom. The van der Waals surface area contributed by atoms with Gasteiger partial charge in [-0.05, 0) is 36.2 Å². The van der Waals surface area contributed by atoms with Gasteiger partial charge in [0, 0.05) is 17.2 Å². The molecule has 2 rings (SSSR count). The van der Waals surface area contributed by atoms with Gasteiger partial charge >= 0.3 is 0 Å². The van der Waals surface area contributed by atoms with Crippen molar-refractivity contribution in [3.8, 4) is 17.2 Å². The average Bonchev–Trinajstić information content (AvgIpc) is 2.43. The predicted molar refractivity (Wildman–Crippen MR) is 75.6 cm³/mol. The highest BCUT2D eigenvalue weighted by Gasteiger charge is 2.07. The number of carbonyl (C=O) groups is 1. The standard InChI is InChI=1S/C16H14O4/c17-10-12(15-8-7-14(19)9-16(15)20)4-1-11-2-5-13(18)6-3-11/h2-10,18-20H,1H2/b12-4-. The van der Waals surface area contributed by atoms with Gasteiger partial charge in [0.2, 0.25) is 0 Å². The molecule has 2 aromatic carbocycles. The van der Waals surface area contributed by atoms with Gasteiger partial charge in [-0.3, -0.25) is 4.79 Å². The summed E-state index contributed by atoms with van der Waals surface area (Å²) in [6.07, 6.45) is 2.84. The second-order valence-electron chi connectivity index (χ2n) is 4.35. The average molecular weight is 270 g/mol. The van der Waals surface area contributed by atoms with Gasteiger partial charge in [0.25, 0.3) is 0 Å². The van der Waals surface area contributed by atoms with Gasteiger partial charge in [-0.25, -0.2) is 0 Å². The number of phenols is 3. The third kappa shape index (κ3) is 3.17. The Labute approximate surface area is 116 Å². The molecule has 0 spiro atoms. The number of allylic oxidation sites excluding steroid dienone is 2. The van der Waals surface area contributed by atoms with Crippen molar-refractivity contribution < 1.29 is 20.1 Å². The fourth-order valence-electron chi connectivity index (χ4n) is 1.85.